The van der Waals surface area contributed by atoms with E-state index in [0.717, 1.165) is 18.2 Å². The van der Waals surface area contributed by atoms with E-state index in [1.165, 1.54) is 17.0 Å². The number of benzene rings is 1. The van der Waals surface area contributed by atoms with Gasteiger partial charge in [-0.3, -0.25) is 9.20 Å². The molecule has 1 aromatic carbocycles. The molecule has 0 aliphatic carbocycles. The summed E-state index contributed by atoms with van der Waals surface area (Å²) in [5.41, 5.74) is -4.40. The van der Waals surface area contributed by atoms with Crippen LogP contribution in [0.15, 0.2) is 47.4 Å². The average molecular weight is 546 g/mol. The molecule has 0 amide bonds. The lowest BCUT2D eigenvalue weighted by molar-refractivity contribution is -0.143. The zero-order valence-electron chi connectivity index (χ0n) is 19.7. The monoisotopic (exact) mass is 546 g/mol. The van der Waals surface area contributed by atoms with Crippen LogP contribution in [0.4, 0.5) is 42.2 Å². The Morgan fingerprint density at radius 1 is 1.11 bits per heavy atom. The number of aromatic carboxylic acids is 1. The highest BCUT2D eigenvalue weighted by atomic mass is 19.4. The first-order valence-corrected chi connectivity index (χ1v) is 11.3. The number of fused-ring (bicyclic) bond motifs is 1. The maximum atomic E-state index is 14.4. The van der Waals surface area contributed by atoms with Crippen molar-refractivity contribution in [3.8, 4) is 0 Å². The molecule has 3 heterocycles. The lowest BCUT2D eigenvalue weighted by Gasteiger charge is -2.32. The number of nitrogens with one attached hydrogen (secondary N) is 1. The summed E-state index contributed by atoms with van der Waals surface area (Å²) in [4.78, 5) is 29.9. The Hall–Kier alpha value is -3.84. The Labute approximate surface area is 210 Å². The van der Waals surface area contributed by atoms with Gasteiger partial charge in [-0.15, -0.1) is 0 Å². The second kappa shape index (κ2) is 9.48. The largest absolute Gasteiger partial charge is 0.478 e. The number of alkyl halides is 7. The van der Waals surface area contributed by atoms with Gasteiger partial charge in [0.15, 0.2) is 6.04 Å². The highest BCUT2D eigenvalue weighted by Crippen LogP contribution is 2.40. The summed E-state index contributed by atoms with van der Waals surface area (Å²) in [6.07, 6.45) is -5.64. The van der Waals surface area contributed by atoms with Gasteiger partial charge >= 0.3 is 12.1 Å². The van der Waals surface area contributed by atoms with Gasteiger partial charge in [-0.1, -0.05) is 12.1 Å². The quantitative estimate of drug-likeness (QED) is 0.400. The van der Waals surface area contributed by atoms with Crippen LogP contribution in [-0.2, 0) is 5.92 Å². The zero-order chi connectivity index (χ0) is 28.0. The van der Waals surface area contributed by atoms with Crippen molar-refractivity contribution < 1.29 is 40.6 Å². The molecule has 0 radical (unpaired) electrons. The molecule has 2 N–H and O–H groups in total. The average Bonchev–Trinajstić information content (AvgIpc) is 2.81. The van der Waals surface area contributed by atoms with Crippen molar-refractivity contribution >= 4 is 23.1 Å². The Balaban J connectivity index is 1.94. The standard InChI is InChI=1S/C24H21F7N4O3/c1-22(25,26)13-10-15(19(24(29,30)31)32-16-5-3-2-4-14(16)21(37)38)20-33-17(11-18(36)35(20)12-13)34-8-6-23(27,28)7-9-34/h2-5,10-12,19,32H,6-9H2,1H3,(H,37,38)/t19-/m0/s1. The third kappa shape index (κ3) is 5.53. The maximum absolute atomic E-state index is 14.4. The first-order chi connectivity index (χ1) is 17.6. The minimum Gasteiger partial charge on any atom is -0.478 e. The van der Waals surface area contributed by atoms with Gasteiger partial charge in [0.1, 0.15) is 11.5 Å². The SMILES string of the molecule is CC(F)(F)c1cc([C@H](Nc2ccccc2C(=O)O)C(F)(F)F)c2nc(N3CCC(F)(F)CC3)cc(=O)n2c1. The lowest BCUT2D eigenvalue weighted by atomic mass is 10.0. The fraction of sp³-hybridized carbons (Fsp3) is 0.375. The van der Waals surface area contributed by atoms with Gasteiger partial charge in [-0.2, -0.15) is 13.2 Å². The van der Waals surface area contributed by atoms with Crippen molar-refractivity contribution in [2.24, 2.45) is 0 Å². The summed E-state index contributed by atoms with van der Waals surface area (Å²) < 4.78 is 99.6. The molecule has 14 heteroatoms. The number of hydrogen-bond donors (Lipinski definition) is 2. The lowest BCUT2D eigenvalue weighted by Crippen LogP contribution is -2.40. The van der Waals surface area contributed by atoms with E-state index in [4.69, 9.17) is 0 Å². The molecule has 0 unspecified atom stereocenters. The van der Waals surface area contributed by atoms with Crippen molar-refractivity contribution in [2.75, 3.05) is 23.3 Å². The number of aromatic nitrogens is 2. The molecule has 7 nitrogen and oxygen atoms in total. The number of carbonyl (C=O) groups is 1. The molecule has 0 saturated carbocycles. The molecule has 4 rings (SSSR count). The fourth-order valence-electron chi connectivity index (χ4n) is 4.18. The van der Waals surface area contributed by atoms with Crippen molar-refractivity contribution in [3.05, 3.63) is 69.6 Å². The molecule has 1 atom stereocenters. The molecule has 2 aromatic heterocycles. The summed E-state index contributed by atoms with van der Waals surface area (Å²) in [7, 11) is 0. The molecular weight excluding hydrogens is 525 g/mol. The fourth-order valence-corrected chi connectivity index (χ4v) is 4.18. The van der Waals surface area contributed by atoms with Crippen LogP contribution < -0.4 is 15.8 Å². The van der Waals surface area contributed by atoms with Crippen LogP contribution in [0.25, 0.3) is 5.65 Å². The van der Waals surface area contributed by atoms with Crippen LogP contribution in [0.1, 0.15) is 47.3 Å². The van der Waals surface area contributed by atoms with Gasteiger partial charge in [0.05, 0.1) is 5.56 Å². The molecule has 204 valence electrons. The van der Waals surface area contributed by atoms with E-state index in [-0.39, 0.29) is 18.9 Å². The number of carboxylic acids is 1. The molecule has 1 saturated heterocycles. The van der Waals surface area contributed by atoms with Crippen LogP contribution in [0, 0.1) is 0 Å². The van der Waals surface area contributed by atoms with Gasteiger partial charge in [-0.25, -0.2) is 27.3 Å². The van der Waals surface area contributed by atoms with Crippen molar-refractivity contribution in [2.45, 2.75) is 43.8 Å². The molecular formula is C24H21F7N4O3. The van der Waals surface area contributed by atoms with E-state index in [1.807, 2.05) is 0 Å². The molecule has 1 fully saturated rings. The number of rotatable bonds is 6. The van der Waals surface area contributed by atoms with Crippen LogP contribution in [0.3, 0.4) is 0 Å². The second-order valence-electron chi connectivity index (χ2n) is 9.03. The molecule has 1 aliphatic rings. The maximum Gasteiger partial charge on any atom is 0.412 e. The van der Waals surface area contributed by atoms with Gasteiger partial charge in [0, 0.05) is 61.9 Å². The normalized spacial score (nSPS) is 16.9. The first-order valence-electron chi connectivity index (χ1n) is 11.3. The second-order valence-corrected chi connectivity index (χ2v) is 9.03. The highest BCUT2D eigenvalue weighted by Gasteiger charge is 2.44. The summed E-state index contributed by atoms with van der Waals surface area (Å²) >= 11 is 0. The van der Waals surface area contributed by atoms with Gasteiger partial charge in [0.2, 0.25) is 0 Å². The van der Waals surface area contributed by atoms with Gasteiger partial charge < -0.3 is 15.3 Å². The minimum atomic E-state index is -5.17. The minimum absolute atomic E-state index is 0.186. The Bertz CT molecular complexity index is 1420. The number of para-hydroxylation sites is 1. The van der Waals surface area contributed by atoms with Crippen LogP contribution in [0.2, 0.25) is 0 Å². The number of nitrogens with zero attached hydrogens (tertiary/aromatic N) is 3. The zero-order valence-corrected chi connectivity index (χ0v) is 19.7. The predicted octanol–water partition coefficient (Wildman–Crippen LogP) is 5.46. The molecule has 0 spiro atoms. The smallest absolute Gasteiger partial charge is 0.412 e. The van der Waals surface area contributed by atoms with Crippen molar-refractivity contribution in [1.82, 2.24) is 9.38 Å². The number of halogens is 7. The van der Waals surface area contributed by atoms with E-state index >= 15 is 0 Å². The summed E-state index contributed by atoms with van der Waals surface area (Å²) in [5, 5.41) is 11.5. The van der Waals surface area contributed by atoms with E-state index < -0.39 is 76.5 Å². The van der Waals surface area contributed by atoms with E-state index in [0.29, 0.717) is 23.6 Å². The molecule has 38 heavy (non-hydrogen) atoms. The van der Waals surface area contributed by atoms with Crippen LogP contribution in [-0.4, -0.2) is 45.6 Å². The van der Waals surface area contributed by atoms with E-state index in [9.17, 15) is 45.4 Å². The predicted molar refractivity (Wildman–Crippen MR) is 123 cm³/mol. The summed E-state index contributed by atoms with van der Waals surface area (Å²) in [6, 6.07) is 3.36. The third-order valence-corrected chi connectivity index (χ3v) is 6.20. The Morgan fingerprint density at radius 2 is 1.74 bits per heavy atom. The van der Waals surface area contributed by atoms with Gasteiger partial charge in [0.25, 0.3) is 17.4 Å². The molecule has 0 bridgehead atoms. The van der Waals surface area contributed by atoms with E-state index in [2.05, 4.69) is 10.3 Å². The summed E-state index contributed by atoms with van der Waals surface area (Å²) in [6.45, 7) is -0.0273. The molecule has 1 aliphatic heterocycles. The highest BCUT2D eigenvalue weighted by molar-refractivity contribution is 5.94. The topological polar surface area (TPSA) is 86.9 Å². The first kappa shape index (κ1) is 27.2. The summed E-state index contributed by atoms with van der Waals surface area (Å²) in [5.74, 6) is -8.33. The van der Waals surface area contributed by atoms with Crippen LogP contribution >= 0.6 is 0 Å². The van der Waals surface area contributed by atoms with E-state index in [1.54, 1.807) is 0 Å². The van der Waals surface area contributed by atoms with Crippen LogP contribution in [0.5, 0.6) is 0 Å². The number of carboxylic acid groups (broad SMARTS) is 1. The van der Waals surface area contributed by atoms with Gasteiger partial charge in [-0.05, 0) is 18.2 Å². The molecule has 3 aromatic rings. The van der Waals surface area contributed by atoms with Crippen molar-refractivity contribution in [1.29, 1.82) is 0 Å². The Kier molecular flexibility index (Phi) is 6.78. The third-order valence-electron chi connectivity index (χ3n) is 6.20. The number of pyridine rings is 1. The number of anilines is 2. The number of piperidine rings is 1. The number of hydrogen-bond acceptors (Lipinski definition) is 5. The Morgan fingerprint density at radius 3 is 2.32 bits per heavy atom. The van der Waals surface area contributed by atoms with Crippen molar-refractivity contribution in [3.63, 3.8) is 0 Å².